The summed E-state index contributed by atoms with van der Waals surface area (Å²) in [7, 11) is 0. The molecule has 0 saturated carbocycles. The van der Waals surface area contributed by atoms with Crippen LogP contribution in [-0.2, 0) is 4.74 Å². The normalized spacial score (nSPS) is 10.3. The Hall–Kier alpha value is -0.380. The molecule has 0 unspecified atom stereocenters. The van der Waals surface area contributed by atoms with Gasteiger partial charge >= 0.3 is 0 Å². The molecule has 0 N–H and O–H groups in total. The third-order valence-corrected chi connectivity index (χ3v) is 3.06. The second kappa shape index (κ2) is 6.26. The van der Waals surface area contributed by atoms with Gasteiger partial charge in [-0.25, -0.2) is 0 Å². The van der Waals surface area contributed by atoms with Gasteiger partial charge in [-0.2, -0.15) is 0 Å². The van der Waals surface area contributed by atoms with Crippen molar-refractivity contribution in [2.24, 2.45) is 0 Å². The van der Waals surface area contributed by atoms with E-state index in [0.29, 0.717) is 17.2 Å². The van der Waals surface area contributed by atoms with Crippen molar-refractivity contribution in [1.29, 1.82) is 0 Å². The van der Waals surface area contributed by atoms with Crippen LogP contribution in [0.4, 0.5) is 0 Å². The molecule has 0 saturated heterocycles. The molecule has 0 radical (unpaired) electrons. The molecule has 1 aromatic rings. The fraction of sp³-hybridized carbons (Fsp3) is 0.364. The highest BCUT2D eigenvalue weighted by atomic mass is 79.9. The highest BCUT2D eigenvalue weighted by Gasteiger charge is 2.07. The van der Waals surface area contributed by atoms with Crippen molar-refractivity contribution >= 4 is 33.3 Å². The van der Waals surface area contributed by atoms with Gasteiger partial charge in [-0.3, -0.25) is 4.79 Å². The number of hydrogen-bond donors (Lipinski definition) is 0. The summed E-state index contributed by atoms with van der Waals surface area (Å²) in [5.74, 6) is -0.0437. The minimum atomic E-state index is -0.0437. The van der Waals surface area contributed by atoms with Gasteiger partial charge in [-0.15, -0.1) is 0 Å². The topological polar surface area (TPSA) is 26.3 Å². The summed E-state index contributed by atoms with van der Waals surface area (Å²) in [6, 6.07) is 5.13. The zero-order chi connectivity index (χ0) is 11.3. The van der Waals surface area contributed by atoms with Crippen molar-refractivity contribution in [3.8, 4) is 0 Å². The number of carbonyl (C=O) groups excluding carboxylic acids is 1. The van der Waals surface area contributed by atoms with E-state index in [-0.39, 0.29) is 12.4 Å². The molecule has 2 nitrogen and oxygen atoms in total. The molecule has 0 spiro atoms. The van der Waals surface area contributed by atoms with Crippen LogP contribution in [-0.4, -0.2) is 19.0 Å². The lowest BCUT2D eigenvalue weighted by Gasteiger charge is -2.03. The zero-order valence-corrected chi connectivity index (χ0v) is 10.8. The Balaban J connectivity index is 2.62. The summed E-state index contributed by atoms with van der Waals surface area (Å²) in [5, 5.41) is 0.538. The van der Waals surface area contributed by atoms with Gasteiger partial charge in [0.05, 0.1) is 5.02 Å². The van der Waals surface area contributed by atoms with Crippen molar-refractivity contribution in [3.05, 3.63) is 33.3 Å². The van der Waals surface area contributed by atoms with Gasteiger partial charge in [0.25, 0.3) is 0 Å². The van der Waals surface area contributed by atoms with E-state index in [1.165, 1.54) is 0 Å². The zero-order valence-electron chi connectivity index (χ0n) is 8.43. The van der Waals surface area contributed by atoms with E-state index in [1.54, 1.807) is 18.2 Å². The maximum atomic E-state index is 11.6. The van der Waals surface area contributed by atoms with Gasteiger partial charge in [-0.1, -0.05) is 24.6 Å². The monoisotopic (exact) mass is 290 g/mol. The summed E-state index contributed by atoms with van der Waals surface area (Å²) in [6.07, 6.45) is 0.911. The summed E-state index contributed by atoms with van der Waals surface area (Å²) in [5.41, 5.74) is 0.583. The van der Waals surface area contributed by atoms with E-state index >= 15 is 0 Å². The second-order valence-corrected chi connectivity index (χ2v) is 4.37. The highest BCUT2D eigenvalue weighted by molar-refractivity contribution is 9.10. The molecule has 0 amide bonds. The molecule has 82 valence electrons. The summed E-state index contributed by atoms with van der Waals surface area (Å²) >= 11 is 9.15. The molecule has 0 aliphatic heterocycles. The Morgan fingerprint density at radius 3 is 2.87 bits per heavy atom. The summed E-state index contributed by atoms with van der Waals surface area (Å²) < 4.78 is 5.95. The van der Waals surface area contributed by atoms with E-state index < -0.39 is 0 Å². The second-order valence-electron chi connectivity index (χ2n) is 3.10. The van der Waals surface area contributed by atoms with Crippen molar-refractivity contribution in [1.82, 2.24) is 0 Å². The largest absolute Gasteiger partial charge is 0.373 e. The minimum absolute atomic E-state index is 0.0437. The first-order valence-corrected chi connectivity index (χ1v) is 5.88. The lowest BCUT2D eigenvalue weighted by Crippen LogP contribution is -2.09. The number of ether oxygens (including phenoxy) is 1. The first-order chi connectivity index (χ1) is 7.15. The van der Waals surface area contributed by atoms with Gasteiger partial charge in [0.1, 0.15) is 6.61 Å². The molecule has 0 aromatic heterocycles. The van der Waals surface area contributed by atoms with Crippen LogP contribution in [0, 0.1) is 0 Å². The summed E-state index contributed by atoms with van der Waals surface area (Å²) in [4.78, 5) is 11.6. The Kier molecular flexibility index (Phi) is 5.29. The lowest BCUT2D eigenvalue weighted by molar-refractivity contribution is 0.0761. The van der Waals surface area contributed by atoms with Crippen LogP contribution in [0.25, 0.3) is 0 Å². The van der Waals surface area contributed by atoms with E-state index in [4.69, 9.17) is 16.3 Å². The number of ketones is 1. The van der Waals surface area contributed by atoms with E-state index in [0.717, 1.165) is 10.9 Å². The lowest BCUT2D eigenvalue weighted by atomic mass is 10.1. The number of halogens is 2. The number of rotatable bonds is 5. The van der Waals surface area contributed by atoms with Crippen LogP contribution in [0.2, 0.25) is 5.02 Å². The molecule has 0 atom stereocenters. The number of hydrogen-bond acceptors (Lipinski definition) is 2. The molecule has 15 heavy (non-hydrogen) atoms. The Labute approximate surface area is 103 Å². The fourth-order valence-electron chi connectivity index (χ4n) is 1.06. The standard InChI is InChI=1S/C11H12BrClO2/c1-2-5-15-7-11(14)8-3-4-9(12)10(13)6-8/h3-4,6H,2,5,7H2,1H3. The predicted molar refractivity (Wildman–Crippen MR) is 64.6 cm³/mol. The molecule has 0 heterocycles. The molecular formula is C11H12BrClO2. The number of Topliss-reactive ketones (excluding diaryl/α,β-unsaturated/α-hetero) is 1. The molecule has 4 heteroatoms. The average Bonchev–Trinajstić information content (AvgIpc) is 2.22. The van der Waals surface area contributed by atoms with Gasteiger partial charge < -0.3 is 4.74 Å². The molecule has 0 aliphatic carbocycles. The Bertz CT molecular complexity index is 352. The van der Waals surface area contributed by atoms with Crippen molar-refractivity contribution in [2.75, 3.05) is 13.2 Å². The van der Waals surface area contributed by atoms with Crippen LogP contribution in [0.5, 0.6) is 0 Å². The van der Waals surface area contributed by atoms with E-state index in [1.807, 2.05) is 6.92 Å². The smallest absolute Gasteiger partial charge is 0.188 e. The van der Waals surface area contributed by atoms with Gasteiger partial charge in [0.2, 0.25) is 0 Å². The van der Waals surface area contributed by atoms with Crippen molar-refractivity contribution in [3.63, 3.8) is 0 Å². The summed E-state index contributed by atoms with van der Waals surface area (Å²) in [6.45, 7) is 2.72. The third kappa shape index (κ3) is 3.93. The molecule has 0 bridgehead atoms. The Morgan fingerprint density at radius 1 is 1.53 bits per heavy atom. The van der Waals surface area contributed by atoms with Crippen LogP contribution < -0.4 is 0 Å². The predicted octanol–water partition coefficient (Wildman–Crippen LogP) is 3.71. The average molecular weight is 292 g/mol. The van der Waals surface area contributed by atoms with Gasteiger partial charge in [0.15, 0.2) is 5.78 Å². The Morgan fingerprint density at radius 2 is 2.27 bits per heavy atom. The SMILES string of the molecule is CCCOCC(=O)c1ccc(Br)c(Cl)c1. The van der Waals surface area contributed by atoms with E-state index in [2.05, 4.69) is 15.9 Å². The quantitative estimate of drug-likeness (QED) is 0.610. The van der Waals surface area contributed by atoms with Crippen LogP contribution in [0.15, 0.2) is 22.7 Å². The maximum absolute atomic E-state index is 11.6. The molecule has 0 fully saturated rings. The first-order valence-electron chi connectivity index (χ1n) is 4.71. The molecule has 1 rings (SSSR count). The van der Waals surface area contributed by atoms with Crippen LogP contribution in [0.3, 0.4) is 0 Å². The van der Waals surface area contributed by atoms with Crippen molar-refractivity contribution < 1.29 is 9.53 Å². The molecule has 0 aliphatic rings. The molecular weight excluding hydrogens is 279 g/mol. The van der Waals surface area contributed by atoms with E-state index in [9.17, 15) is 4.79 Å². The maximum Gasteiger partial charge on any atom is 0.188 e. The minimum Gasteiger partial charge on any atom is -0.373 e. The van der Waals surface area contributed by atoms with Gasteiger partial charge in [-0.05, 0) is 34.5 Å². The van der Waals surface area contributed by atoms with Crippen molar-refractivity contribution in [2.45, 2.75) is 13.3 Å². The fourth-order valence-corrected chi connectivity index (χ4v) is 1.49. The highest BCUT2D eigenvalue weighted by Crippen LogP contribution is 2.23. The van der Waals surface area contributed by atoms with Crippen LogP contribution in [0.1, 0.15) is 23.7 Å². The van der Waals surface area contributed by atoms with Crippen LogP contribution >= 0.6 is 27.5 Å². The van der Waals surface area contributed by atoms with Gasteiger partial charge in [0, 0.05) is 16.6 Å². The number of carbonyl (C=O) groups is 1. The molecule has 1 aromatic carbocycles. The number of benzene rings is 1. The third-order valence-electron chi connectivity index (χ3n) is 1.82. The first kappa shape index (κ1) is 12.7.